The Bertz CT molecular complexity index is 968. The molecule has 3 aromatic rings. The van der Waals surface area contributed by atoms with Crippen molar-refractivity contribution in [3.63, 3.8) is 0 Å². The van der Waals surface area contributed by atoms with Gasteiger partial charge < -0.3 is 0 Å². The zero-order chi connectivity index (χ0) is 17.4. The molecule has 2 heterocycles. The molecular weight excluding hydrogens is 340 g/mol. The number of anilines is 1. The number of halogens is 1. The van der Waals surface area contributed by atoms with Crippen LogP contribution < -0.4 is 4.90 Å². The summed E-state index contributed by atoms with van der Waals surface area (Å²) in [6, 6.07) is 14.7. The Labute approximate surface area is 148 Å². The molecule has 1 aliphatic heterocycles. The standard InChI is InChI=1S/C18H13ClN4O2/c19-13-6-7-16-15(8-13)17(24)18(25)23(16)11-14-10-22(21-20-14)9-12-4-2-1-3-5-12/h1-8,10H,9,11H2. The van der Waals surface area contributed by atoms with E-state index in [1.807, 2.05) is 30.3 Å². The van der Waals surface area contributed by atoms with Crippen LogP contribution in [0.15, 0.2) is 54.7 Å². The van der Waals surface area contributed by atoms with Crippen LogP contribution in [0.25, 0.3) is 0 Å². The summed E-state index contributed by atoms with van der Waals surface area (Å²) in [5.41, 5.74) is 2.59. The predicted molar refractivity (Wildman–Crippen MR) is 92.5 cm³/mol. The molecule has 0 bridgehead atoms. The van der Waals surface area contributed by atoms with E-state index in [0.717, 1.165) is 5.56 Å². The third-order valence-corrected chi connectivity index (χ3v) is 4.26. The summed E-state index contributed by atoms with van der Waals surface area (Å²) in [5, 5.41) is 8.62. The highest BCUT2D eigenvalue weighted by Crippen LogP contribution is 2.32. The normalized spacial score (nSPS) is 13.4. The zero-order valence-electron chi connectivity index (χ0n) is 13.1. The second kappa shape index (κ2) is 6.14. The third-order valence-electron chi connectivity index (χ3n) is 4.03. The van der Waals surface area contributed by atoms with E-state index in [1.165, 1.54) is 11.0 Å². The van der Waals surface area contributed by atoms with Gasteiger partial charge in [0.2, 0.25) is 0 Å². The van der Waals surface area contributed by atoms with Crippen molar-refractivity contribution in [2.45, 2.75) is 13.1 Å². The number of fused-ring (bicyclic) bond motifs is 1. The van der Waals surface area contributed by atoms with E-state index < -0.39 is 11.7 Å². The molecule has 25 heavy (non-hydrogen) atoms. The first-order valence-electron chi connectivity index (χ1n) is 7.70. The first-order valence-corrected chi connectivity index (χ1v) is 8.08. The molecule has 0 fully saturated rings. The van der Waals surface area contributed by atoms with Crippen molar-refractivity contribution in [3.05, 3.63) is 76.6 Å². The number of nitrogens with zero attached hydrogens (tertiary/aromatic N) is 4. The van der Waals surface area contributed by atoms with Crippen LogP contribution >= 0.6 is 11.6 Å². The monoisotopic (exact) mass is 352 g/mol. The Kier molecular flexibility index (Phi) is 3.82. The number of carbonyl (C=O) groups is 2. The van der Waals surface area contributed by atoms with Gasteiger partial charge in [-0.3, -0.25) is 14.5 Å². The summed E-state index contributed by atoms with van der Waals surface area (Å²) in [7, 11) is 0. The lowest BCUT2D eigenvalue weighted by Crippen LogP contribution is -2.29. The van der Waals surface area contributed by atoms with Crippen LogP contribution in [0.3, 0.4) is 0 Å². The number of hydrogen-bond acceptors (Lipinski definition) is 4. The number of amides is 1. The molecule has 0 atom stereocenters. The largest absolute Gasteiger partial charge is 0.299 e. The lowest BCUT2D eigenvalue weighted by atomic mass is 10.1. The molecule has 0 N–H and O–H groups in total. The Morgan fingerprint density at radius 3 is 2.60 bits per heavy atom. The summed E-state index contributed by atoms with van der Waals surface area (Å²) < 4.78 is 1.70. The van der Waals surface area contributed by atoms with Crippen LogP contribution in [0.4, 0.5) is 5.69 Å². The lowest BCUT2D eigenvalue weighted by Gasteiger charge is -2.14. The van der Waals surface area contributed by atoms with Crippen molar-refractivity contribution < 1.29 is 9.59 Å². The third kappa shape index (κ3) is 2.92. The van der Waals surface area contributed by atoms with Crippen molar-refractivity contribution in [1.82, 2.24) is 15.0 Å². The smallest absolute Gasteiger partial charge is 0.299 e. The minimum absolute atomic E-state index is 0.188. The van der Waals surface area contributed by atoms with Crippen molar-refractivity contribution in [3.8, 4) is 0 Å². The maximum absolute atomic E-state index is 12.3. The second-order valence-corrected chi connectivity index (χ2v) is 6.21. The minimum Gasteiger partial charge on any atom is -0.299 e. The number of ketones is 1. The van der Waals surface area contributed by atoms with Gasteiger partial charge in [-0.1, -0.05) is 47.1 Å². The number of benzene rings is 2. The van der Waals surface area contributed by atoms with Crippen LogP contribution in [-0.2, 0) is 17.9 Å². The molecule has 2 aromatic carbocycles. The highest BCUT2D eigenvalue weighted by Gasteiger charge is 2.36. The van der Waals surface area contributed by atoms with Gasteiger partial charge in [-0.05, 0) is 23.8 Å². The van der Waals surface area contributed by atoms with Crippen LogP contribution in [-0.4, -0.2) is 26.7 Å². The van der Waals surface area contributed by atoms with E-state index >= 15 is 0 Å². The molecule has 124 valence electrons. The Morgan fingerprint density at radius 2 is 1.80 bits per heavy atom. The first kappa shape index (κ1) is 15.5. The molecule has 0 radical (unpaired) electrons. The first-order chi connectivity index (χ1) is 12.1. The Morgan fingerprint density at radius 1 is 1.00 bits per heavy atom. The fourth-order valence-electron chi connectivity index (χ4n) is 2.85. The van der Waals surface area contributed by atoms with Crippen molar-refractivity contribution in [1.29, 1.82) is 0 Å². The Hall–Kier alpha value is -2.99. The highest BCUT2D eigenvalue weighted by atomic mass is 35.5. The quantitative estimate of drug-likeness (QED) is 0.677. The highest BCUT2D eigenvalue weighted by molar-refractivity contribution is 6.52. The molecule has 0 saturated carbocycles. The predicted octanol–water partition coefficient (Wildman–Crippen LogP) is 2.71. The van der Waals surface area contributed by atoms with Crippen molar-refractivity contribution in [2.24, 2.45) is 0 Å². The van der Waals surface area contributed by atoms with E-state index in [1.54, 1.807) is 23.0 Å². The van der Waals surface area contributed by atoms with Gasteiger partial charge in [0.05, 0.1) is 30.5 Å². The van der Waals surface area contributed by atoms with Crippen LogP contribution in [0.5, 0.6) is 0 Å². The fourth-order valence-corrected chi connectivity index (χ4v) is 3.02. The van der Waals surface area contributed by atoms with Gasteiger partial charge in [-0.15, -0.1) is 5.10 Å². The second-order valence-electron chi connectivity index (χ2n) is 5.77. The summed E-state index contributed by atoms with van der Waals surface area (Å²) in [6.45, 7) is 0.779. The molecule has 1 amide bonds. The van der Waals surface area contributed by atoms with E-state index in [0.29, 0.717) is 28.5 Å². The molecule has 0 spiro atoms. The van der Waals surface area contributed by atoms with Crippen LogP contribution in [0.1, 0.15) is 21.6 Å². The van der Waals surface area contributed by atoms with Gasteiger partial charge in [-0.25, -0.2) is 4.68 Å². The number of Topliss-reactive ketones (excluding diaryl/α,β-unsaturated/α-hetero) is 1. The maximum Gasteiger partial charge on any atom is 0.299 e. The van der Waals surface area contributed by atoms with Crippen molar-refractivity contribution in [2.75, 3.05) is 4.90 Å². The lowest BCUT2D eigenvalue weighted by molar-refractivity contribution is -0.114. The maximum atomic E-state index is 12.3. The molecule has 0 aliphatic carbocycles. The van der Waals surface area contributed by atoms with Gasteiger partial charge in [0, 0.05) is 5.02 Å². The molecular formula is C18H13ClN4O2. The zero-order valence-corrected chi connectivity index (χ0v) is 13.8. The van der Waals surface area contributed by atoms with Gasteiger partial charge in [-0.2, -0.15) is 0 Å². The average molecular weight is 353 g/mol. The number of aromatic nitrogens is 3. The van der Waals surface area contributed by atoms with Gasteiger partial charge >= 0.3 is 0 Å². The minimum atomic E-state index is -0.574. The van der Waals surface area contributed by atoms with Gasteiger partial charge in [0.25, 0.3) is 11.7 Å². The molecule has 0 unspecified atom stereocenters. The fraction of sp³-hybridized carbons (Fsp3) is 0.111. The molecule has 6 nitrogen and oxygen atoms in total. The van der Waals surface area contributed by atoms with E-state index in [-0.39, 0.29) is 6.54 Å². The molecule has 0 saturated heterocycles. The topological polar surface area (TPSA) is 68.1 Å². The SMILES string of the molecule is O=C1C(=O)N(Cc2cn(Cc3ccccc3)nn2)c2ccc(Cl)cc21. The summed E-state index contributed by atoms with van der Waals surface area (Å²) in [5.74, 6) is -1.12. The Balaban J connectivity index is 1.55. The average Bonchev–Trinajstić information content (AvgIpc) is 3.15. The van der Waals surface area contributed by atoms with E-state index in [4.69, 9.17) is 11.6 Å². The van der Waals surface area contributed by atoms with Crippen LogP contribution in [0.2, 0.25) is 5.02 Å². The van der Waals surface area contributed by atoms with Gasteiger partial charge in [0.15, 0.2) is 0 Å². The molecule has 4 rings (SSSR count). The van der Waals surface area contributed by atoms with Crippen molar-refractivity contribution >= 4 is 29.0 Å². The summed E-state index contributed by atoms with van der Waals surface area (Å²) in [4.78, 5) is 25.8. The molecule has 7 heteroatoms. The number of rotatable bonds is 4. The van der Waals surface area contributed by atoms with E-state index in [9.17, 15) is 9.59 Å². The summed E-state index contributed by atoms with van der Waals surface area (Å²) >= 11 is 5.92. The molecule has 1 aromatic heterocycles. The number of hydrogen-bond donors (Lipinski definition) is 0. The molecule has 1 aliphatic rings. The van der Waals surface area contributed by atoms with Gasteiger partial charge in [0.1, 0.15) is 5.69 Å². The summed E-state index contributed by atoms with van der Waals surface area (Å²) in [6.07, 6.45) is 1.78. The van der Waals surface area contributed by atoms with E-state index in [2.05, 4.69) is 10.3 Å². The van der Waals surface area contributed by atoms with Crippen LogP contribution in [0, 0.1) is 0 Å². The number of carbonyl (C=O) groups excluding carboxylic acids is 2.